The van der Waals surface area contributed by atoms with Gasteiger partial charge in [0, 0.05) is 45.5 Å². The smallest absolute Gasteiger partial charge is 0.355 e. The molecule has 0 atom stereocenters. The molecule has 0 saturated heterocycles. The fourth-order valence-corrected chi connectivity index (χ4v) is 5.08. The Morgan fingerprint density at radius 3 is 1.47 bits per heavy atom. The molecule has 254 valence electrons. The summed E-state index contributed by atoms with van der Waals surface area (Å²) in [5, 5.41) is 5.21. The number of benzene rings is 4. The van der Waals surface area contributed by atoms with Gasteiger partial charge in [-0.3, -0.25) is 9.56 Å². The van der Waals surface area contributed by atoms with Gasteiger partial charge in [0.2, 0.25) is 0 Å². The summed E-state index contributed by atoms with van der Waals surface area (Å²) in [5.41, 5.74) is 4.82. The zero-order chi connectivity index (χ0) is 35.2. The van der Waals surface area contributed by atoms with Crippen molar-refractivity contribution in [3.8, 4) is 0 Å². The van der Waals surface area contributed by atoms with E-state index in [2.05, 4.69) is 164 Å². The molecule has 2 aromatic heterocycles. The molecule has 0 unspecified atom stereocenters. The Labute approximate surface area is 307 Å². The molecular weight excluding hydrogens is 593 g/mol. The van der Waals surface area contributed by atoms with E-state index in [1.165, 1.54) is 50.0 Å². The quantitative estimate of drug-likeness (QED) is 0.0856. The average Bonchev–Trinajstić information content (AvgIpc) is 3.60. The Hall–Kier alpha value is -3.87. The normalized spacial score (nSPS) is 11.3. The van der Waals surface area contributed by atoms with Crippen LogP contribution in [0.2, 0.25) is 0 Å². The first-order chi connectivity index (χ1) is 22.9. The summed E-state index contributed by atoms with van der Waals surface area (Å²) in [6.45, 7) is 23.2. The number of rotatable bonds is 4. The Kier molecular flexibility index (Phi) is 16.8. The number of hydrogen-bond acceptors (Lipinski definition) is 3. The Morgan fingerprint density at radius 1 is 0.653 bits per heavy atom. The third-order valence-electron chi connectivity index (χ3n) is 7.16. The minimum absolute atomic E-state index is 0. The summed E-state index contributed by atoms with van der Waals surface area (Å²) < 4.78 is 2.35. The van der Waals surface area contributed by atoms with E-state index in [1.807, 2.05) is 27.7 Å². The molecule has 0 aliphatic heterocycles. The number of para-hydroxylation sites is 4. The first-order valence-electron chi connectivity index (χ1n) is 17.4. The number of aromatic amines is 1. The second kappa shape index (κ2) is 20.0. The fraction of sp³-hybridized carbons (Fsp3) is 0.372. The van der Waals surface area contributed by atoms with Crippen molar-refractivity contribution in [3.05, 3.63) is 104 Å². The van der Waals surface area contributed by atoms with Crippen molar-refractivity contribution >= 4 is 55.5 Å². The maximum atomic E-state index is 5.02. The molecule has 2 heterocycles. The van der Waals surface area contributed by atoms with Crippen molar-refractivity contribution in [3.63, 3.8) is 0 Å². The third-order valence-corrected chi connectivity index (χ3v) is 7.16. The van der Waals surface area contributed by atoms with Gasteiger partial charge in [-0.15, -0.1) is 0 Å². The molecule has 0 amide bonds. The molecule has 1 N–H and O–H groups in total. The van der Waals surface area contributed by atoms with Crippen molar-refractivity contribution in [1.29, 1.82) is 0 Å². The number of nitrogens with one attached hydrogen (secondary N) is 1. The van der Waals surface area contributed by atoms with Crippen LogP contribution in [0.4, 0.5) is 0 Å². The van der Waals surface area contributed by atoms with Gasteiger partial charge >= 0.3 is 18.9 Å². The van der Waals surface area contributed by atoms with Crippen molar-refractivity contribution in [1.82, 2.24) is 9.55 Å². The number of H-pyrrole nitrogens is 1. The van der Waals surface area contributed by atoms with Crippen LogP contribution in [0.5, 0.6) is 0 Å². The van der Waals surface area contributed by atoms with Gasteiger partial charge in [-0.05, 0) is 79.2 Å². The summed E-state index contributed by atoms with van der Waals surface area (Å²) in [6.07, 6.45) is 4.36. The minimum atomic E-state index is -0.0724. The van der Waals surface area contributed by atoms with Crippen LogP contribution in [0, 0.1) is 6.92 Å². The summed E-state index contributed by atoms with van der Waals surface area (Å²) >= 11 is 0. The number of aliphatic imine (C=N–C) groups is 3. The Morgan fingerprint density at radius 2 is 1.08 bits per heavy atom. The standard InChI is InChI=1S/C20H24N2.C12H9N.C7H14N2.C4H9.Li/c1-5-10-19(21-20(2,3)4)22-17-13-8-6-11-15(17)16-12-7-9-14-18(16)22;1-3-7-11-9(5-1)10-6-2-4-8-12(10)13-11;1-5-8-6-9-7(2,3)4;1-3-4-2;/h6-9,11-14H,5,10H2,1-4H3;1-8,13H;5H2,1-4H3;1,3-4H2,2H3;/q;;;-1;+1. The minimum Gasteiger partial charge on any atom is -0.355 e. The first-order valence-corrected chi connectivity index (χ1v) is 17.4. The molecule has 49 heavy (non-hydrogen) atoms. The Balaban J connectivity index is 0.000000262. The molecule has 0 spiro atoms. The van der Waals surface area contributed by atoms with Gasteiger partial charge < -0.3 is 11.9 Å². The van der Waals surface area contributed by atoms with E-state index in [1.54, 1.807) is 0 Å². The van der Waals surface area contributed by atoms with Crippen molar-refractivity contribution in [2.24, 2.45) is 15.0 Å². The SMILES string of the molecule is CCCC(=NC(C)(C)C)n1c2ccccc2c2ccccc21.CCN=C=NC(C)(C)C.[CH2-]CCC.[Li+].c1ccc2c(c1)[nH]c1ccccc12. The zero-order valence-electron chi connectivity index (χ0n) is 31.8. The molecule has 6 heteroatoms. The van der Waals surface area contributed by atoms with Crippen LogP contribution in [0.1, 0.15) is 88.0 Å². The van der Waals surface area contributed by atoms with Crippen LogP contribution in [0.15, 0.2) is 112 Å². The summed E-state index contributed by atoms with van der Waals surface area (Å²) in [5.74, 6) is 1.16. The maximum Gasteiger partial charge on any atom is 1.00 e. The molecule has 6 aromatic rings. The van der Waals surface area contributed by atoms with Crippen LogP contribution in [0.3, 0.4) is 0 Å². The van der Waals surface area contributed by atoms with Gasteiger partial charge in [0.05, 0.1) is 28.1 Å². The molecule has 5 nitrogen and oxygen atoms in total. The third kappa shape index (κ3) is 12.5. The number of hydrogen-bond donors (Lipinski definition) is 1. The molecule has 0 bridgehead atoms. The number of nitrogens with zero attached hydrogens (tertiary/aromatic N) is 4. The molecule has 6 rings (SSSR count). The van der Waals surface area contributed by atoms with Crippen molar-refractivity contribution < 1.29 is 18.9 Å². The van der Waals surface area contributed by atoms with Gasteiger partial charge in [0.1, 0.15) is 5.84 Å². The van der Waals surface area contributed by atoms with Gasteiger partial charge in [0.25, 0.3) is 0 Å². The van der Waals surface area contributed by atoms with E-state index in [-0.39, 0.29) is 29.9 Å². The van der Waals surface area contributed by atoms with Crippen LogP contribution >= 0.6 is 0 Å². The number of aromatic nitrogens is 2. The summed E-state index contributed by atoms with van der Waals surface area (Å²) in [7, 11) is 0. The van der Waals surface area contributed by atoms with Gasteiger partial charge in [-0.25, -0.2) is 9.98 Å². The number of unbranched alkanes of at least 4 members (excludes halogenated alkanes) is 1. The van der Waals surface area contributed by atoms with Crippen LogP contribution in [-0.4, -0.2) is 39.0 Å². The molecule has 0 saturated carbocycles. The summed E-state index contributed by atoms with van der Waals surface area (Å²) in [6, 6.07) is 36.6. The molecular formula is C43H56LiN5. The maximum absolute atomic E-state index is 5.02. The second-order valence-electron chi connectivity index (χ2n) is 13.7. The molecule has 4 aromatic carbocycles. The average molecular weight is 650 g/mol. The van der Waals surface area contributed by atoms with E-state index in [0.717, 1.165) is 31.6 Å². The topological polar surface area (TPSA) is 57.8 Å². The van der Waals surface area contributed by atoms with Crippen molar-refractivity contribution in [2.75, 3.05) is 6.54 Å². The Bertz CT molecular complexity index is 1850. The van der Waals surface area contributed by atoms with Crippen LogP contribution in [-0.2, 0) is 0 Å². The molecule has 0 radical (unpaired) electrons. The van der Waals surface area contributed by atoms with Crippen LogP contribution < -0.4 is 18.9 Å². The van der Waals surface area contributed by atoms with Gasteiger partial charge in [-0.2, -0.15) is 6.42 Å². The second-order valence-corrected chi connectivity index (χ2v) is 13.7. The van der Waals surface area contributed by atoms with Gasteiger partial charge in [0.15, 0.2) is 0 Å². The first kappa shape index (κ1) is 41.3. The van der Waals surface area contributed by atoms with E-state index in [9.17, 15) is 0 Å². The van der Waals surface area contributed by atoms with Gasteiger partial charge in [-0.1, -0.05) is 93.1 Å². The summed E-state index contributed by atoms with van der Waals surface area (Å²) in [4.78, 5) is 16.3. The molecule has 0 aliphatic rings. The zero-order valence-corrected chi connectivity index (χ0v) is 31.8. The fourth-order valence-electron chi connectivity index (χ4n) is 5.08. The predicted molar refractivity (Wildman–Crippen MR) is 213 cm³/mol. The van der Waals surface area contributed by atoms with E-state index in [4.69, 9.17) is 4.99 Å². The van der Waals surface area contributed by atoms with Crippen LogP contribution in [0.25, 0.3) is 43.6 Å². The molecule has 0 fully saturated rings. The monoisotopic (exact) mass is 649 g/mol. The van der Waals surface area contributed by atoms with E-state index >= 15 is 0 Å². The number of fused-ring (bicyclic) bond motifs is 6. The van der Waals surface area contributed by atoms with E-state index in [0.29, 0.717) is 0 Å². The van der Waals surface area contributed by atoms with E-state index < -0.39 is 0 Å². The molecule has 0 aliphatic carbocycles. The van der Waals surface area contributed by atoms with Crippen molar-refractivity contribution in [2.45, 2.75) is 99.1 Å². The predicted octanol–water partition coefficient (Wildman–Crippen LogP) is 9.56. The largest absolute Gasteiger partial charge is 1.00 e.